The second-order valence-electron chi connectivity index (χ2n) is 3.40. The molecule has 63 valence electrons. The monoisotopic (exact) mass is 168 g/mol. The Morgan fingerprint density at radius 3 is 2.92 bits per heavy atom. The average Bonchev–Trinajstić information content (AvgIpc) is 2.72. The van der Waals surface area contributed by atoms with Gasteiger partial charge in [0, 0.05) is 30.1 Å². The molecular formula is C12H10N. The zero-order valence-corrected chi connectivity index (χ0v) is 7.49. The predicted octanol–water partition coefficient (Wildman–Crippen LogP) is 2.76. The molecule has 0 aliphatic heterocycles. The fourth-order valence-corrected chi connectivity index (χ4v) is 2.05. The Labute approximate surface area is 77.3 Å². The molecule has 0 bridgehead atoms. The maximum atomic E-state index is 2.24. The lowest BCUT2D eigenvalue weighted by Gasteiger charge is -1.97. The van der Waals surface area contributed by atoms with E-state index >= 15 is 0 Å². The average molecular weight is 168 g/mol. The molecule has 1 aromatic carbocycles. The first-order chi connectivity index (χ1) is 6.38. The van der Waals surface area contributed by atoms with E-state index in [0.717, 1.165) is 0 Å². The summed E-state index contributed by atoms with van der Waals surface area (Å²) >= 11 is 0. The second kappa shape index (κ2) is 2.25. The molecule has 0 atom stereocenters. The molecule has 1 radical (unpaired) electrons. The number of aryl methyl sites for hydroxylation is 1. The van der Waals surface area contributed by atoms with Gasteiger partial charge in [0.2, 0.25) is 0 Å². The van der Waals surface area contributed by atoms with Crippen molar-refractivity contribution >= 4 is 17.0 Å². The number of hydrogen-bond acceptors (Lipinski definition) is 0. The van der Waals surface area contributed by atoms with Gasteiger partial charge in [0.1, 0.15) is 0 Å². The first-order valence-corrected chi connectivity index (χ1v) is 4.47. The number of aromatic nitrogens is 1. The van der Waals surface area contributed by atoms with E-state index in [1.807, 2.05) is 0 Å². The summed E-state index contributed by atoms with van der Waals surface area (Å²) in [4.78, 5) is 0. The summed E-state index contributed by atoms with van der Waals surface area (Å²) in [6.45, 7) is 0. The zero-order chi connectivity index (χ0) is 8.84. The largest absolute Gasteiger partial charge is 0.344 e. The van der Waals surface area contributed by atoms with Gasteiger partial charge in [-0.1, -0.05) is 24.3 Å². The van der Waals surface area contributed by atoms with Crippen LogP contribution >= 0.6 is 0 Å². The van der Waals surface area contributed by atoms with Crippen molar-refractivity contribution in [2.24, 2.45) is 7.05 Å². The minimum Gasteiger partial charge on any atom is -0.344 e. The highest BCUT2D eigenvalue weighted by molar-refractivity contribution is 5.91. The molecule has 1 nitrogen and oxygen atoms in total. The predicted molar refractivity (Wildman–Crippen MR) is 55.4 cm³/mol. The Bertz CT molecular complexity index is 503. The lowest BCUT2D eigenvalue weighted by atomic mass is 10.1. The van der Waals surface area contributed by atoms with E-state index in [1.165, 1.54) is 22.2 Å². The third kappa shape index (κ3) is 0.765. The topological polar surface area (TPSA) is 4.93 Å². The van der Waals surface area contributed by atoms with Crippen LogP contribution in [-0.2, 0) is 7.05 Å². The summed E-state index contributed by atoms with van der Waals surface area (Å²) in [6.07, 6.45) is 6.45. The molecule has 1 aromatic heterocycles. The lowest BCUT2D eigenvalue weighted by molar-refractivity contribution is 0.954. The lowest BCUT2D eigenvalue weighted by Crippen LogP contribution is -1.88. The third-order valence-corrected chi connectivity index (χ3v) is 2.71. The first-order valence-electron chi connectivity index (χ1n) is 4.47. The zero-order valence-electron chi connectivity index (χ0n) is 7.49. The standard InChI is InChI=1S/C12H10N/c1-13-11-7-3-2-5-9(11)10-6-4-8-12(10)13/h2-8H,1H3. The fourth-order valence-electron chi connectivity index (χ4n) is 2.05. The maximum absolute atomic E-state index is 2.24. The fraction of sp³-hybridized carbons (Fsp3) is 0.0833. The van der Waals surface area contributed by atoms with E-state index in [1.54, 1.807) is 0 Å². The van der Waals surface area contributed by atoms with Gasteiger partial charge in [-0.2, -0.15) is 0 Å². The number of para-hydroxylation sites is 1. The van der Waals surface area contributed by atoms with Gasteiger partial charge in [-0.15, -0.1) is 0 Å². The van der Waals surface area contributed by atoms with Crippen LogP contribution in [0.4, 0.5) is 0 Å². The highest BCUT2D eigenvalue weighted by atomic mass is 14.9. The summed E-state index contributed by atoms with van der Waals surface area (Å²) in [5.74, 6) is 0. The Balaban J connectivity index is 2.54. The second-order valence-corrected chi connectivity index (χ2v) is 3.40. The molecule has 0 saturated carbocycles. The number of allylic oxidation sites excluding steroid dienone is 1. The number of nitrogens with zero attached hydrogens (tertiary/aromatic N) is 1. The van der Waals surface area contributed by atoms with Crippen LogP contribution in [-0.4, -0.2) is 4.57 Å². The van der Waals surface area contributed by atoms with Gasteiger partial charge in [-0.25, -0.2) is 0 Å². The van der Waals surface area contributed by atoms with Crippen LogP contribution in [0.1, 0.15) is 11.3 Å². The van der Waals surface area contributed by atoms with E-state index < -0.39 is 0 Å². The van der Waals surface area contributed by atoms with Crippen molar-refractivity contribution in [2.75, 3.05) is 0 Å². The summed E-state index contributed by atoms with van der Waals surface area (Å²) in [6, 6.07) is 8.52. The van der Waals surface area contributed by atoms with Gasteiger partial charge in [0.25, 0.3) is 0 Å². The number of fused-ring (bicyclic) bond motifs is 3. The van der Waals surface area contributed by atoms with Gasteiger partial charge < -0.3 is 4.57 Å². The van der Waals surface area contributed by atoms with Crippen molar-refractivity contribution in [3.8, 4) is 0 Å². The van der Waals surface area contributed by atoms with Crippen LogP contribution in [0.3, 0.4) is 0 Å². The molecule has 0 amide bonds. The van der Waals surface area contributed by atoms with Gasteiger partial charge in [-0.05, 0) is 17.7 Å². The van der Waals surface area contributed by atoms with Crippen LogP contribution < -0.4 is 0 Å². The highest BCUT2D eigenvalue weighted by Crippen LogP contribution is 2.31. The Morgan fingerprint density at radius 1 is 1.15 bits per heavy atom. The Kier molecular flexibility index (Phi) is 1.21. The minimum absolute atomic E-state index is 1.31. The van der Waals surface area contributed by atoms with E-state index in [4.69, 9.17) is 0 Å². The van der Waals surface area contributed by atoms with E-state index in [9.17, 15) is 0 Å². The van der Waals surface area contributed by atoms with Crippen LogP contribution in [0.2, 0.25) is 0 Å². The van der Waals surface area contributed by atoms with Gasteiger partial charge in [0.15, 0.2) is 0 Å². The van der Waals surface area contributed by atoms with Gasteiger partial charge in [-0.3, -0.25) is 0 Å². The minimum atomic E-state index is 1.31. The molecule has 0 N–H and O–H groups in total. The molecule has 0 fully saturated rings. The van der Waals surface area contributed by atoms with Crippen molar-refractivity contribution in [2.45, 2.75) is 0 Å². The molecule has 1 heterocycles. The van der Waals surface area contributed by atoms with Crippen molar-refractivity contribution in [3.05, 3.63) is 48.0 Å². The third-order valence-electron chi connectivity index (χ3n) is 2.71. The van der Waals surface area contributed by atoms with Gasteiger partial charge in [0.05, 0.1) is 0 Å². The summed E-state index contributed by atoms with van der Waals surface area (Å²) in [5, 5.41) is 1.35. The molecule has 2 aromatic rings. The van der Waals surface area contributed by atoms with Crippen molar-refractivity contribution in [3.63, 3.8) is 0 Å². The Morgan fingerprint density at radius 2 is 2.00 bits per heavy atom. The molecular weight excluding hydrogens is 158 g/mol. The Hall–Kier alpha value is -1.50. The molecule has 1 heteroatoms. The molecule has 0 saturated heterocycles. The van der Waals surface area contributed by atoms with Gasteiger partial charge >= 0.3 is 0 Å². The molecule has 13 heavy (non-hydrogen) atoms. The molecule has 1 aliphatic rings. The summed E-state index contributed by atoms with van der Waals surface area (Å²) in [5.41, 5.74) is 3.99. The molecule has 0 unspecified atom stereocenters. The normalized spacial score (nSPS) is 13.9. The summed E-state index contributed by atoms with van der Waals surface area (Å²) < 4.78 is 2.24. The molecule has 1 aliphatic carbocycles. The molecule has 3 rings (SSSR count). The van der Waals surface area contributed by atoms with E-state index in [-0.39, 0.29) is 0 Å². The van der Waals surface area contributed by atoms with Crippen LogP contribution in [0, 0.1) is 6.42 Å². The first kappa shape index (κ1) is 6.96. The highest BCUT2D eigenvalue weighted by Gasteiger charge is 2.14. The van der Waals surface area contributed by atoms with Crippen LogP contribution in [0.25, 0.3) is 17.0 Å². The van der Waals surface area contributed by atoms with E-state index in [2.05, 4.69) is 54.5 Å². The smallest absolute Gasteiger partial charge is 0.0485 e. The number of hydrogen-bond donors (Lipinski definition) is 0. The summed E-state index contributed by atoms with van der Waals surface area (Å²) in [7, 11) is 2.12. The molecule has 0 spiro atoms. The van der Waals surface area contributed by atoms with Crippen molar-refractivity contribution < 1.29 is 0 Å². The van der Waals surface area contributed by atoms with Crippen molar-refractivity contribution in [1.29, 1.82) is 0 Å². The van der Waals surface area contributed by atoms with E-state index in [0.29, 0.717) is 0 Å². The number of rotatable bonds is 0. The van der Waals surface area contributed by atoms with Crippen LogP contribution in [0.5, 0.6) is 0 Å². The van der Waals surface area contributed by atoms with Crippen molar-refractivity contribution in [1.82, 2.24) is 4.57 Å². The van der Waals surface area contributed by atoms with Crippen LogP contribution in [0.15, 0.2) is 30.3 Å². The number of benzene rings is 1. The SMILES string of the molecule is Cn1c2c(c3ccccc31)[CH]C=C2. The maximum Gasteiger partial charge on any atom is 0.0485 e. The quantitative estimate of drug-likeness (QED) is 0.570.